The molecule has 0 aliphatic heterocycles. The number of hydrogen-bond donors (Lipinski definition) is 0. The molecule has 2 rings (SSSR count). The van der Waals surface area contributed by atoms with Gasteiger partial charge in [-0.2, -0.15) is 4.31 Å². The minimum atomic E-state index is -3.70. The summed E-state index contributed by atoms with van der Waals surface area (Å²) in [6.07, 6.45) is 4.60. The molecule has 0 aliphatic carbocycles. The minimum Gasteiger partial charge on any atom is -0.324 e. The molecule has 19 heavy (non-hydrogen) atoms. The Bertz CT molecular complexity index is 669. The van der Waals surface area contributed by atoms with Crippen molar-refractivity contribution in [2.45, 2.75) is 11.6 Å². The molecular weight excluding hydrogens is 288 g/mol. The molecule has 0 unspecified atom stereocenters. The quantitative estimate of drug-likeness (QED) is 0.853. The van der Waals surface area contributed by atoms with E-state index in [-0.39, 0.29) is 16.7 Å². The molecule has 102 valence electrons. The minimum absolute atomic E-state index is 0.0987. The van der Waals surface area contributed by atoms with Gasteiger partial charge < -0.3 is 4.57 Å². The second kappa shape index (κ2) is 5.28. The smallest absolute Gasteiger partial charge is 0.263 e. The van der Waals surface area contributed by atoms with Crippen molar-refractivity contribution in [3.63, 3.8) is 0 Å². The number of halogens is 1. The van der Waals surface area contributed by atoms with Gasteiger partial charge in [0.05, 0.1) is 6.33 Å². The number of nitrogens with zero attached hydrogens (tertiary/aromatic N) is 4. The van der Waals surface area contributed by atoms with Crippen molar-refractivity contribution in [1.29, 1.82) is 0 Å². The van der Waals surface area contributed by atoms with Crippen LogP contribution in [0.4, 0.5) is 0 Å². The highest BCUT2D eigenvalue weighted by molar-refractivity contribution is 7.89. The van der Waals surface area contributed by atoms with Gasteiger partial charge in [-0.1, -0.05) is 11.6 Å². The number of sulfonamides is 1. The van der Waals surface area contributed by atoms with Gasteiger partial charge in [0, 0.05) is 33.0 Å². The molecule has 0 bridgehead atoms. The fourth-order valence-electron chi connectivity index (χ4n) is 1.54. The lowest BCUT2D eigenvalue weighted by Gasteiger charge is -2.15. The second-order valence-electron chi connectivity index (χ2n) is 4.07. The van der Waals surface area contributed by atoms with E-state index in [1.807, 2.05) is 0 Å². The van der Waals surface area contributed by atoms with E-state index in [1.54, 1.807) is 31.6 Å². The predicted molar refractivity (Wildman–Crippen MR) is 71.1 cm³/mol. The van der Waals surface area contributed by atoms with Crippen molar-refractivity contribution in [3.8, 4) is 0 Å². The number of aromatic nitrogens is 3. The van der Waals surface area contributed by atoms with E-state index in [2.05, 4.69) is 9.97 Å². The maximum Gasteiger partial charge on any atom is 0.263 e. The SMILES string of the molecule is CN(Cc1ccncc1)S(=O)(=O)c1ncn(C)c1Cl. The Morgan fingerprint density at radius 1 is 1.37 bits per heavy atom. The maximum atomic E-state index is 12.3. The molecule has 0 radical (unpaired) electrons. The van der Waals surface area contributed by atoms with Gasteiger partial charge in [-0.05, 0) is 17.7 Å². The third-order valence-corrected chi connectivity index (χ3v) is 4.94. The highest BCUT2D eigenvalue weighted by Gasteiger charge is 2.27. The summed E-state index contributed by atoms with van der Waals surface area (Å²) in [5.74, 6) is 0. The Kier molecular flexibility index (Phi) is 3.88. The Hall–Kier alpha value is -1.44. The lowest BCUT2D eigenvalue weighted by atomic mass is 10.3. The van der Waals surface area contributed by atoms with Gasteiger partial charge in [0.25, 0.3) is 10.0 Å². The van der Waals surface area contributed by atoms with E-state index in [0.29, 0.717) is 0 Å². The molecule has 0 amide bonds. The van der Waals surface area contributed by atoms with Crippen molar-refractivity contribution in [1.82, 2.24) is 18.8 Å². The van der Waals surface area contributed by atoms with Crippen LogP contribution in [-0.2, 0) is 23.6 Å². The molecule has 0 atom stereocenters. The van der Waals surface area contributed by atoms with E-state index < -0.39 is 10.0 Å². The van der Waals surface area contributed by atoms with Crippen molar-refractivity contribution in [2.24, 2.45) is 7.05 Å². The first-order chi connectivity index (χ1) is 8.93. The van der Waals surface area contributed by atoms with Crippen molar-refractivity contribution in [2.75, 3.05) is 7.05 Å². The van der Waals surface area contributed by atoms with Crippen LogP contribution >= 0.6 is 11.6 Å². The molecule has 6 nitrogen and oxygen atoms in total. The molecule has 0 fully saturated rings. The number of rotatable bonds is 4. The van der Waals surface area contributed by atoms with Gasteiger partial charge in [0.15, 0.2) is 0 Å². The zero-order valence-electron chi connectivity index (χ0n) is 10.5. The summed E-state index contributed by atoms with van der Waals surface area (Å²) in [7, 11) is -0.575. The second-order valence-corrected chi connectivity index (χ2v) is 6.39. The molecule has 0 aromatic carbocycles. The number of imidazole rings is 1. The lowest BCUT2D eigenvalue weighted by molar-refractivity contribution is 0.464. The molecule has 2 aromatic rings. The zero-order chi connectivity index (χ0) is 14.0. The van der Waals surface area contributed by atoms with Crippen LogP contribution in [0.15, 0.2) is 35.9 Å². The molecular formula is C11H13ClN4O2S. The normalized spacial score (nSPS) is 12.0. The highest BCUT2D eigenvalue weighted by atomic mass is 35.5. The topological polar surface area (TPSA) is 68.1 Å². The van der Waals surface area contributed by atoms with Gasteiger partial charge >= 0.3 is 0 Å². The molecule has 2 aromatic heterocycles. The molecule has 0 saturated carbocycles. The number of aryl methyl sites for hydroxylation is 1. The van der Waals surface area contributed by atoms with Crippen molar-refractivity contribution >= 4 is 21.6 Å². The molecule has 0 spiro atoms. The van der Waals surface area contributed by atoms with Crippen LogP contribution in [0.5, 0.6) is 0 Å². The highest BCUT2D eigenvalue weighted by Crippen LogP contribution is 2.22. The Balaban J connectivity index is 2.28. The monoisotopic (exact) mass is 300 g/mol. The lowest BCUT2D eigenvalue weighted by Crippen LogP contribution is -2.27. The van der Waals surface area contributed by atoms with Crippen LogP contribution in [0.25, 0.3) is 0 Å². The van der Waals surface area contributed by atoms with Crippen LogP contribution in [0.1, 0.15) is 5.56 Å². The maximum absolute atomic E-state index is 12.3. The average molecular weight is 301 g/mol. The average Bonchev–Trinajstić information content (AvgIpc) is 2.71. The standard InChI is InChI=1S/C11H13ClN4O2S/c1-15-8-14-11(10(15)12)19(17,18)16(2)7-9-3-5-13-6-4-9/h3-6,8H,7H2,1-2H3. The first kappa shape index (κ1) is 14.0. The van der Waals surface area contributed by atoms with E-state index in [9.17, 15) is 8.42 Å². The van der Waals surface area contributed by atoms with Crippen molar-refractivity contribution in [3.05, 3.63) is 41.6 Å². The Morgan fingerprint density at radius 2 is 2.00 bits per heavy atom. The molecule has 8 heteroatoms. The Labute approximate surface area is 116 Å². The zero-order valence-corrected chi connectivity index (χ0v) is 12.1. The van der Waals surface area contributed by atoms with E-state index in [1.165, 1.54) is 22.2 Å². The van der Waals surface area contributed by atoms with E-state index in [4.69, 9.17) is 11.6 Å². The summed E-state index contributed by atoms with van der Waals surface area (Å²) in [4.78, 5) is 7.72. The predicted octanol–water partition coefficient (Wildman–Crippen LogP) is 1.29. The van der Waals surface area contributed by atoms with E-state index in [0.717, 1.165) is 5.56 Å². The fourth-order valence-corrected chi connectivity index (χ4v) is 3.08. The Morgan fingerprint density at radius 3 is 2.53 bits per heavy atom. The summed E-state index contributed by atoms with van der Waals surface area (Å²) in [5, 5.41) is -0.0326. The van der Waals surface area contributed by atoms with Gasteiger partial charge in [0.1, 0.15) is 5.15 Å². The van der Waals surface area contributed by atoms with Gasteiger partial charge in [0.2, 0.25) is 5.03 Å². The third-order valence-electron chi connectivity index (χ3n) is 2.64. The summed E-state index contributed by atoms with van der Waals surface area (Å²) in [6.45, 7) is 0.234. The number of hydrogen-bond acceptors (Lipinski definition) is 4. The van der Waals surface area contributed by atoms with Crippen molar-refractivity contribution < 1.29 is 8.42 Å². The van der Waals surface area contributed by atoms with Crippen LogP contribution < -0.4 is 0 Å². The molecule has 0 N–H and O–H groups in total. The van der Waals surface area contributed by atoms with Crippen LogP contribution in [-0.4, -0.2) is 34.3 Å². The molecule has 0 aliphatic rings. The molecule has 0 saturated heterocycles. The summed E-state index contributed by atoms with van der Waals surface area (Å²) < 4.78 is 27.3. The molecule has 2 heterocycles. The van der Waals surface area contributed by atoms with Crippen LogP contribution in [0, 0.1) is 0 Å². The van der Waals surface area contributed by atoms with Gasteiger partial charge in [-0.3, -0.25) is 4.98 Å². The first-order valence-electron chi connectivity index (χ1n) is 5.45. The van der Waals surface area contributed by atoms with Gasteiger partial charge in [-0.15, -0.1) is 0 Å². The van der Waals surface area contributed by atoms with Crippen LogP contribution in [0.2, 0.25) is 5.15 Å². The van der Waals surface area contributed by atoms with E-state index >= 15 is 0 Å². The summed E-state index contributed by atoms with van der Waals surface area (Å²) >= 11 is 5.92. The first-order valence-corrected chi connectivity index (χ1v) is 7.27. The largest absolute Gasteiger partial charge is 0.324 e. The van der Waals surface area contributed by atoms with Crippen LogP contribution in [0.3, 0.4) is 0 Å². The fraction of sp³-hybridized carbons (Fsp3) is 0.273. The summed E-state index contributed by atoms with van der Waals surface area (Å²) in [5.41, 5.74) is 0.841. The number of pyridine rings is 1. The van der Waals surface area contributed by atoms with Gasteiger partial charge in [-0.25, -0.2) is 13.4 Å². The summed E-state index contributed by atoms with van der Waals surface area (Å²) in [6, 6.07) is 3.51. The third kappa shape index (κ3) is 2.78.